The van der Waals surface area contributed by atoms with Crippen LogP contribution in [0.1, 0.15) is 32.1 Å². The number of nitrogens with one attached hydrogen (secondary N) is 1. The van der Waals surface area contributed by atoms with Crippen LogP contribution in [0.3, 0.4) is 0 Å². The first-order chi connectivity index (χ1) is 11.5. The van der Waals surface area contributed by atoms with E-state index < -0.39 is 10.0 Å². The Morgan fingerprint density at radius 2 is 1.76 bits per heavy atom. The minimum atomic E-state index is -3.25. The van der Waals surface area contributed by atoms with Crippen molar-refractivity contribution in [3.63, 3.8) is 0 Å². The third-order valence-electron chi connectivity index (χ3n) is 5.81. The second-order valence-electron chi connectivity index (χ2n) is 7.32. The first-order valence-electron chi connectivity index (χ1n) is 9.06. The van der Waals surface area contributed by atoms with E-state index >= 15 is 0 Å². The molecule has 2 unspecified atom stereocenters. The van der Waals surface area contributed by atoms with E-state index in [1.165, 1.54) is 6.42 Å². The molecule has 3 fully saturated rings. The smallest absolute Gasteiger partial charge is 0.223 e. The summed E-state index contributed by atoms with van der Waals surface area (Å²) in [5, 5.41) is 2.86. The lowest BCUT2D eigenvalue weighted by atomic mass is 9.65. The van der Waals surface area contributed by atoms with E-state index in [-0.39, 0.29) is 42.6 Å². The first-order valence-corrected chi connectivity index (χ1v) is 11.8. The summed E-state index contributed by atoms with van der Waals surface area (Å²) in [5.74, 6) is 2.67. The quantitative estimate of drug-likeness (QED) is 0.705. The molecule has 0 aromatic carbocycles. The normalized spacial score (nSPS) is 33.3. The predicted molar refractivity (Wildman–Crippen MR) is 104 cm³/mol. The lowest BCUT2D eigenvalue weighted by Crippen LogP contribution is -2.49. The van der Waals surface area contributed by atoms with Gasteiger partial charge in [0.05, 0.1) is 5.75 Å². The van der Waals surface area contributed by atoms with E-state index in [0.29, 0.717) is 24.9 Å². The van der Waals surface area contributed by atoms with Gasteiger partial charge in [0.1, 0.15) is 0 Å². The molecule has 1 aliphatic heterocycles. The molecule has 1 saturated heterocycles. The molecule has 3 aliphatic rings. The molecule has 2 bridgehead atoms. The highest BCUT2D eigenvalue weighted by molar-refractivity contribution is 7.99. The van der Waals surface area contributed by atoms with Crippen LogP contribution < -0.4 is 11.1 Å². The maximum absolute atomic E-state index is 12.4. The standard InChI is InChI=1S/C16H29N3O3S2.ClH/c17-15-12-2-1-3-13(15)11-14(10-12)16(20)18-4-9-24(21,22)19-5-7-23-8-6-19;/h12-15H,1-11,17H2,(H,18,20);1H. The Morgan fingerprint density at radius 1 is 1.16 bits per heavy atom. The summed E-state index contributed by atoms with van der Waals surface area (Å²) in [6, 6.07) is 0.250. The number of sulfonamides is 1. The second kappa shape index (κ2) is 9.26. The number of hydrogen-bond acceptors (Lipinski definition) is 5. The van der Waals surface area contributed by atoms with Crippen LogP contribution in [0.15, 0.2) is 0 Å². The molecule has 2 saturated carbocycles. The summed E-state index contributed by atoms with van der Waals surface area (Å²) in [6.45, 7) is 1.39. The van der Waals surface area contributed by atoms with Crippen molar-refractivity contribution in [2.24, 2.45) is 23.5 Å². The lowest BCUT2D eigenvalue weighted by Gasteiger charge is -2.43. The molecule has 2 atom stereocenters. The molecular formula is C16H30ClN3O3S2. The van der Waals surface area contributed by atoms with Crippen LogP contribution in [0.2, 0.25) is 0 Å². The van der Waals surface area contributed by atoms with Crippen molar-refractivity contribution >= 4 is 40.1 Å². The van der Waals surface area contributed by atoms with Gasteiger partial charge >= 0.3 is 0 Å². The number of carbonyl (C=O) groups is 1. The highest BCUT2D eigenvalue weighted by Crippen LogP contribution is 2.41. The van der Waals surface area contributed by atoms with Crippen molar-refractivity contribution in [3.05, 3.63) is 0 Å². The number of rotatable bonds is 5. The van der Waals surface area contributed by atoms with Gasteiger partial charge in [0.15, 0.2) is 0 Å². The highest BCUT2D eigenvalue weighted by atomic mass is 35.5. The zero-order valence-electron chi connectivity index (χ0n) is 14.6. The molecule has 0 radical (unpaired) electrons. The summed E-state index contributed by atoms with van der Waals surface area (Å²) in [6.07, 6.45) is 5.20. The molecule has 0 spiro atoms. The van der Waals surface area contributed by atoms with Crippen molar-refractivity contribution < 1.29 is 13.2 Å². The largest absolute Gasteiger partial charge is 0.355 e. The van der Waals surface area contributed by atoms with E-state index in [2.05, 4.69) is 5.32 Å². The number of thioether (sulfide) groups is 1. The van der Waals surface area contributed by atoms with Gasteiger partial charge in [-0.15, -0.1) is 12.4 Å². The van der Waals surface area contributed by atoms with Crippen LogP contribution in [-0.2, 0) is 14.8 Å². The molecule has 6 nitrogen and oxygen atoms in total. The fraction of sp³-hybridized carbons (Fsp3) is 0.938. The van der Waals surface area contributed by atoms with Crippen LogP contribution in [-0.4, -0.2) is 61.6 Å². The van der Waals surface area contributed by atoms with Crippen molar-refractivity contribution in [1.29, 1.82) is 0 Å². The fourth-order valence-corrected chi connectivity index (χ4v) is 6.90. The molecule has 25 heavy (non-hydrogen) atoms. The lowest BCUT2D eigenvalue weighted by molar-refractivity contribution is -0.127. The number of hydrogen-bond donors (Lipinski definition) is 2. The van der Waals surface area contributed by atoms with E-state index in [9.17, 15) is 13.2 Å². The zero-order valence-corrected chi connectivity index (χ0v) is 17.0. The molecule has 146 valence electrons. The average Bonchev–Trinajstić information content (AvgIpc) is 2.55. The van der Waals surface area contributed by atoms with Crippen LogP contribution in [0, 0.1) is 17.8 Å². The Bertz CT molecular complexity index is 541. The van der Waals surface area contributed by atoms with Crippen LogP contribution in [0.4, 0.5) is 0 Å². The Hall–Kier alpha value is -0.0200. The minimum absolute atomic E-state index is 0. The van der Waals surface area contributed by atoms with E-state index in [1.54, 1.807) is 16.1 Å². The van der Waals surface area contributed by atoms with Crippen molar-refractivity contribution in [2.75, 3.05) is 36.9 Å². The molecule has 9 heteroatoms. The van der Waals surface area contributed by atoms with Gasteiger partial charge in [-0.2, -0.15) is 11.8 Å². The van der Waals surface area contributed by atoms with Crippen molar-refractivity contribution in [3.8, 4) is 0 Å². The van der Waals surface area contributed by atoms with Crippen molar-refractivity contribution in [1.82, 2.24) is 9.62 Å². The third kappa shape index (κ3) is 5.25. The average molecular weight is 412 g/mol. The van der Waals surface area contributed by atoms with Gasteiger partial charge in [0, 0.05) is 43.1 Å². The number of nitrogens with zero attached hydrogens (tertiary/aromatic N) is 1. The molecular weight excluding hydrogens is 382 g/mol. The highest BCUT2D eigenvalue weighted by Gasteiger charge is 2.40. The molecule has 0 aromatic heterocycles. The topological polar surface area (TPSA) is 92.5 Å². The summed E-state index contributed by atoms with van der Waals surface area (Å²) in [5.41, 5.74) is 6.27. The Morgan fingerprint density at radius 3 is 2.36 bits per heavy atom. The third-order valence-corrected chi connectivity index (χ3v) is 8.62. The molecule has 3 N–H and O–H groups in total. The molecule has 3 rings (SSSR count). The number of nitrogens with two attached hydrogens (primary N) is 1. The van der Waals surface area contributed by atoms with Gasteiger partial charge < -0.3 is 11.1 Å². The summed E-state index contributed by atoms with van der Waals surface area (Å²) in [4.78, 5) is 12.4. The summed E-state index contributed by atoms with van der Waals surface area (Å²) >= 11 is 1.78. The van der Waals surface area contributed by atoms with Crippen LogP contribution >= 0.6 is 24.2 Å². The van der Waals surface area contributed by atoms with Crippen molar-refractivity contribution in [2.45, 2.75) is 38.1 Å². The number of halogens is 1. The number of amides is 1. The van der Waals surface area contributed by atoms with E-state index in [4.69, 9.17) is 5.73 Å². The number of fused-ring (bicyclic) bond motifs is 2. The SMILES string of the molecule is Cl.NC1C2CCCC1CC(C(=O)NCCS(=O)(=O)N1CCSCC1)C2. The monoisotopic (exact) mass is 411 g/mol. The van der Waals surface area contributed by atoms with Gasteiger partial charge in [-0.3, -0.25) is 4.79 Å². The van der Waals surface area contributed by atoms with Gasteiger partial charge in [-0.05, 0) is 37.5 Å². The summed E-state index contributed by atoms with van der Waals surface area (Å²) in [7, 11) is -3.25. The van der Waals surface area contributed by atoms with Gasteiger partial charge in [0.2, 0.25) is 15.9 Å². The Labute approximate surface area is 161 Å². The maximum Gasteiger partial charge on any atom is 0.223 e. The van der Waals surface area contributed by atoms with Crippen LogP contribution in [0.25, 0.3) is 0 Å². The Balaban J connectivity index is 0.00000225. The van der Waals surface area contributed by atoms with Gasteiger partial charge in [-0.1, -0.05) is 6.42 Å². The first kappa shape index (κ1) is 21.3. The van der Waals surface area contributed by atoms with Gasteiger partial charge in [0.25, 0.3) is 0 Å². The van der Waals surface area contributed by atoms with E-state index in [1.807, 2.05) is 0 Å². The van der Waals surface area contributed by atoms with Gasteiger partial charge in [-0.25, -0.2) is 12.7 Å². The zero-order chi connectivity index (χ0) is 17.2. The molecule has 2 aliphatic carbocycles. The number of carbonyl (C=O) groups excluding carboxylic acids is 1. The predicted octanol–water partition coefficient (Wildman–Crippen LogP) is 1.06. The second-order valence-corrected chi connectivity index (χ2v) is 10.6. The Kier molecular flexibility index (Phi) is 7.88. The van der Waals surface area contributed by atoms with E-state index in [0.717, 1.165) is 37.2 Å². The summed E-state index contributed by atoms with van der Waals surface area (Å²) < 4.78 is 26.1. The molecule has 1 amide bonds. The maximum atomic E-state index is 12.4. The molecule has 0 aromatic rings. The molecule has 1 heterocycles. The van der Waals surface area contributed by atoms with Crippen LogP contribution in [0.5, 0.6) is 0 Å². The minimum Gasteiger partial charge on any atom is -0.355 e. The fourth-order valence-electron chi connectivity index (χ4n) is 4.40.